The second kappa shape index (κ2) is 10.3. The highest BCUT2D eigenvalue weighted by Gasteiger charge is 2.19. The van der Waals surface area contributed by atoms with Crippen molar-refractivity contribution in [3.05, 3.63) is 64.7 Å². The Balaban J connectivity index is 1.48. The summed E-state index contributed by atoms with van der Waals surface area (Å²) in [5, 5.41) is 14.4. The first kappa shape index (κ1) is 21.9. The van der Waals surface area contributed by atoms with E-state index in [1.807, 2.05) is 37.5 Å². The van der Waals surface area contributed by atoms with Gasteiger partial charge in [-0.2, -0.15) is 0 Å². The SMILES string of the molecule is CNc1cc(Cc2cnc(N3CCCCC(O)C3)s2)ccc1Sc1ccccc1C=O. The van der Waals surface area contributed by atoms with Gasteiger partial charge in [-0.1, -0.05) is 36.0 Å². The smallest absolute Gasteiger partial charge is 0.185 e. The first-order chi connectivity index (χ1) is 15.2. The van der Waals surface area contributed by atoms with Crippen LogP contribution in [0.25, 0.3) is 0 Å². The highest BCUT2D eigenvalue weighted by molar-refractivity contribution is 7.99. The molecule has 1 fully saturated rings. The van der Waals surface area contributed by atoms with E-state index < -0.39 is 0 Å². The molecule has 0 saturated carbocycles. The predicted octanol–water partition coefficient (Wildman–Crippen LogP) is 5.09. The molecule has 1 unspecified atom stereocenters. The molecule has 1 saturated heterocycles. The minimum Gasteiger partial charge on any atom is -0.391 e. The van der Waals surface area contributed by atoms with Gasteiger partial charge < -0.3 is 15.3 Å². The van der Waals surface area contributed by atoms with Crippen LogP contribution < -0.4 is 10.2 Å². The number of carbonyl (C=O) groups is 1. The number of aliphatic hydroxyl groups excluding tert-OH is 1. The molecule has 162 valence electrons. The van der Waals surface area contributed by atoms with E-state index in [2.05, 4.69) is 33.4 Å². The summed E-state index contributed by atoms with van der Waals surface area (Å²) in [6.07, 6.45) is 6.47. The zero-order valence-corrected chi connectivity index (χ0v) is 19.2. The van der Waals surface area contributed by atoms with Crippen molar-refractivity contribution < 1.29 is 9.90 Å². The number of nitrogens with zero attached hydrogens (tertiary/aromatic N) is 2. The zero-order valence-electron chi connectivity index (χ0n) is 17.6. The van der Waals surface area contributed by atoms with E-state index in [0.717, 1.165) is 59.1 Å². The number of anilines is 2. The van der Waals surface area contributed by atoms with Crippen molar-refractivity contribution in [1.29, 1.82) is 0 Å². The molecule has 2 heterocycles. The lowest BCUT2D eigenvalue weighted by Crippen LogP contribution is -2.30. The van der Waals surface area contributed by atoms with Crippen molar-refractivity contribution in [1.82, 2.24) is 4.98 Å². The van der Waals surface area contributed by atoms with E-state index in [1.165, 1.54) is 10.4 Å². The molecule has 0 radical (unpaired) electrons. The van der Waals surface area contributed by atoms with Gasteiger partial charge in [0, 0.05) is 58.7 Å². The summed E-state index contributed by atoms with van der Waals surface area (Å²) in [4.78, 5) is 21.4. The Hall–Kier alpha value is -2.35. The van der Waals surface area contributed by atoms with Crippen LogP contribution in [0.1, 0.15) is 40.1 Å². The van der Waals surface area contributed by atoms with Crippen molar-refractivity contribution in [3.8, 4) is 0 Å². The molecule has 1 atom stereocenters. The number of nitrogens with one attached hydrogen (secondary N) is 1. The first-order valence-corrected chi connectivity index (χ1v) is 12.2. The van der Waals surface area contributed by atoms with Crippen LogP contribution >= 0.6 is 23.1 Å². The monoisotopic (exact) mass is 453 g/mol. The molecule has 4 rings (SSSR count). The second-order valence-electron chi connectivity index (χ2n) is 7.72. The van der Waals surface area contributed by atoms with Gasteiger partial charge in [0.25, 0.3) is 0 Å². The van der Waals surface area contributed by atoms with Crippen molar-refractivity contribution in [2.75, 3.05) is 30.4 Å². The Morgan fingerprint density at radius 1 is 1.26 bits per heavy atom. The van der Waals surface area contributed by atoms with E-state index in [1.54, 1.807) is 23.1 Å². The third-order valence-corrected chi connectivity index (χ3v) is 7.64. The highest BCUT2D eigenvalue weighted by atomic mass is 32.2. The topological polar surface area (TPSA) is 65.5 Å². The van der Waals surface area contributed by atoms with E-state index in [-0.39, 0.29) is 6.10 Å². The summed E-state index contributed by atoms with van der Waals surface area (Å²) >= 11 is 3.31. The number of hydrogen-bond donors (Lipinski definition) is 2. The Labute approximate surface area is 191 Å². The van der Waals surface area contributed by atoms with E-state index >= 15 is 0 Å². The third-order valence-electron chi connectivity index (χ3n) is 5.42. The Morgan fingerprint density at radius 3 is 2.97 bits per heavy atom. The summed E-state index contributed by atoms with van der Waals surface area (Å²) in [6.45, 7) is 1.63. The molecule has 1 aromatic heterocycles. The number of carbonyl (C=O) groups excluding carboxylic acids is 1. The minimum absolute atomic E-state index is 0.262. The van der Waals surface area contributed by atoms with Crippen LogP contribution in [-0.2, 0) is 6.42 Å². The van der Waals surface area contributed by atoms with Crippen LogP contribution in [-0.4, -0.2) is 42.6 Å². The lowest BCUT2D eigenvalue weighted by Gasteiger charge is -2.20. The average molecular weight is 454 g/mol. The number of thiazole rings is 1. The lowest BCUT2D eigenvalue weighted by molar-refractivity contribution is 0.112. The third kappa shape index (κ3) is 5.47. The molecule has 2 aromatic carbocycles. The van der Waals surface area contributed by atoms with Gasteiger partial charge in [0.05, 0.1) is 6.10 Å². The molecule has 0 bridgehead atoms. The normalized spacial score (nSPS) is 16.7. The molecule has 5 nitrogen and oxygen atoms in total. The Bertz CT molecular complexity index is 1040. The summed E-state index contributed by atoms with van der Waals surface area (Å²) in [5.41, 5.74) is 2.96. The molecule has 0 amide bonds. The molecule has 0 aliphatic carbocycles. The molecular formula is C24H27N3O2S2. The molecule has 2 N–H and O–H groups in total. The molecule has 7 heteroatoms. The number of benzene rings is 2. The van der Waals surface area contributed by atoms with E-state index in [0.29, 0.717) is 12.1 Å². The van der Waals surface area contributed by atoms with Crippen LogP contribution in [0, 0.1) is 0 Å². The maximum Gasteiger partial charge on any atom is 0.185 e. The summed E-state index contributed by atoms with van der Waals surface area (Å²) < 4.78 is 0. The number of rotatable bonds is 7. The van der Waals surface area contributed by atoms with E-state index in [4.69, 9.17) is 0 Å². The van der Waals surface area contributed by atoms with Gasteiger partial charge in [-0.3, -0.25) is 4.79 Å². The van der Waals surface area contributed by atoms with Crippen LogP contribution in [0.3, 0.4) is 0 Å². The fourth-order valence-electron chi connectivity index (χ4n) is 3.78. The summed E-state index contributed by atoms with van der Waals surface area (Å²) in [6, 6.07) is 14.1. The van der Waals surface area contributed by atoms with E-state index in [9.17, 15) is 9.90 Å². The van der Waals surface area contributed by atoms with Gasteiger partial charge in [0.2, 0.25) is 0 Å². The summed E-state index contributed by atoms with van der Waals surface area (Å²) in [7, 11) is 1.92. The average Bonchev–Trinajstić information content (AvgIpc) is 3.14. The number of aldehydes is 1. The van der Waals surface area contributed by atoms with Gasteiger partial charge >= 0.3 is 0 Å². The Kier molecular flexibility index (Phi) is 7.27. The standard InChI is InChI=1S/C24H27N3O2S2/c1-25-21-13-17(9-10-23(21)31-22-8-3-2-6-18(22)16-28)12-20-14-26-24(30-20)27-11-5-4-7-19(29)15-27/h2-3,6,8-10,13-14,16,19,25,29H,4-5,7,11-12,15H2,1H3. The zero-order chi connectivity index (χ0) is 21.6. The number of aliphatic hydroxyl groups is 1. The van der Waals surface area contributed by atoms with Crippen LogP contribution in [0.4, 0.5) is 10.8 Å². The fourth-order valence-corrected chi connectivity index (χ4v) is 5.78. The molecule has 3 aromatic rings. The lowest BCUT2D eigenvalue weighted by atomic mass is 10.1. The van der Waals surface area contributed by atoms with Crippen molar-refractivity contribution in [2.45, 2.75) is 41.6 Å². The summed E-state index contributed by atoms with van der Waals surface area (Å²) in [5.74, 6) is 0. The molecule has 0 spiro atoms. The van der Waals surface area contributed by atoms with Gasteiger partial charge in [0.15, 0.2) is 11.4 Å². The first-order valence-electron chi connectivity index (χ1n) is 10.6. The van der Waals surface area contributed by atoms with Crippen LogP contribution in [0.2, 0.25) is 0 Å². The van der Waals surface area contributed by atoms with Crippen LogP contribution in [0.5, 0.6) is 0 Å². The number of aromatic nitrogens is 1. The molecule has 1 aliphatic heterocycles. The molecule has 1 aliphatic rings. The van der Waals surface area contributed by atoms with Crippen molar-refractivity contribution in [2.24, 2.45) is 0 Å². The van der Waals surface area contributed by atoms with Gasteiger partial charge in [0.1, 0.15) is 0 Å². The highest BCUT2D eigenvalue weighted by Crippen LogP contribution is 2.36. The maximum absolute atomic E-state index is 11.3. The second-order valence-corrected chi connectivity index (χ2v) is 9.90. The van der Waals surface area contributed by atoms with Gasteiger partial charge in [-0.05, 0) is 43.0 Å². The largest absolute Gasteiger partial charge is 0.391 e. The van der Waals surface area contributed by atoms with Gasteiger partial charge in [-0.15, -0.1) is 11.3 Å². The molecular weight excluding hydrogens is 426 g/mol. The Morgan fingerprint density at radius 2 is 2.13 bits per heavy atom. The fraction of sp³-hybridized carbons (Fsp3) is 0.333. The maximum atomic E-state index is 11.3. The van der Waals surface area contributed by atoms with Gasteiger partial charge in [-0.25, -0.2) is 4.98 Å². The van der Waals surface area contributed by atoms with Crippen molar-refractivity contribution in [3.63, 3.8) is 0 Å². The van der Waals surface area contributed by atoms with Crippen LogP contribution in [0.15, 0.2) is 58.5 Å². The predicted molar refractivity (Wildman–Crippen MR) is 129 cm³/mol. The quantitative estimate of drug-likeness (QED) is 0.486. The molecule has 31 heavy (non-hydrogen) atoms. The number of hydrogen-bond acceptors (Lipinski definition) is 7. The van der Waals surface area contributed by atoms with Crippen molar-refractivity contribution >= 4 is 40.2 Å². The number of β-amino-alcohol motifs (C(OH)–C–C–N with tert-alkyl or cyclic N) is 1. The minimum atomic E-state index is -0.262.